The van der Waals surface area contributed by atoms with Gasteiger partial charge in [-0.2, -0.15) is 4.31 Å². The molecule has 2 aromatic rings. The second kappa shape index (κ2) is 9.40. The molecular weight excluding hydrogens is 416 g/mol. The molecule has 1 saturated heterocycles. The SMILES string of the molecule is COc1ccccc1N1CCN(S(=O)(=O)CCNC(=O)c2c(F)cccc2F)CC1. The Morgan fingerprint density at radius 3 is 2.30 bits per heavy atom. The van der Waals surface area contributed by atoms with Crippen molar-refractivity contribution in [2.45, 2.75) is 0 Å². The van der Waals surface area contributed by atoms with Crippen LogP contribution in [0.15, 0.2) is 42.5 Å². The van der Waals surface area contributed by atoms with Crippen molar-refractivity contribution in [3.8, 4) is 5.75 Å². The zero-order valence-electron chi connectivity index (χ0n) is 16.5. The summed E-state index contributed by atoms with van der Waals surface area (Å²) in [5, 5.41) is 2.27. The van der Waals surface area contributed by atoms with Crippen molar-refractivity contribution in [1.82, 2.24) is 9.62 Å². The van der Waals surface area contributed by atoms with E-state index in [1.54, 1.807) is 7.11 Å². The van der Waals surface area contributed by atoms with E-state index < -0.39 is 33.1 Å². The molecule has 0 spiro atoms. The van der Waals surface area contributed by atoms with Gasteiger partial charge in [-0.05, 0) is 24.3 Å². The predicted octanol–water partition coefficient (Wildman–Crippen LogP) is 1.86. The summed E-state index contributed by atoms with van der Waals surface area (Å²) in [6.45, 7) is 1.31. The number of methoxy groups -OCH3 is 1. The number of amides is 1. The van der Waals surface area contributed by atoms with Gasteiger partial charge >= 0.3 is 0 Å². The van der Waals surface area contributed by atoms with Gasteiger partial charge in [-0.25, -0.2) is 17.2 Å². The van der Waals surface area contributed by atoms with Crippen molar-refractivity contribution < 1.29 is 26.7 Å². The summed E-state index contributed by atoms with van der Waals surface area (Å²) in [6.07, 6.45) is 0. The molecule has 7 nitrogen and oxygen atoms in total. The molecule has 1 fully saturated rings. The maximum atomic E-state index is 13.6. The molecule has 1 aliphatic heterocycles. The molecule has 30 heavy (non-hydrogen) atoms. The average Bonchev–Trinajstić information content (AvgIpc) is 2.73. The van der Waals surface area contributed by atoms with E-state index in [0.717, 1.165) is 29.6 Å². The van der Waals surface area contributed by atoms with E-state index in [-0.39, 0.29) is 25.4 Å². The number of nitrogens with zero attached hydrogens (tertiary/aromatic N) is 2. The minimum absolute atomic E-state index is 0.248. The lowest BCUT2D eigenvalue weighted by molar-refractivity contribution is 0.0947. The van der Waals surface area contributed by atoms with Gasteiger partial charge < -0.3 is 15.0 Å². The second-order valence-electron chi connectivity index (χ2n) is 6.73. The van der Waals surface area contributed by atoms with Gasteiger partial charge in [-0.3, -0.25) is 4.79 Å². The number of para-hydroxylation sites is 2. The van der Waals surface area contributed by atoms with E-state index in [2.05, 4.69) is 5.32 Å². The van der Waals surface area contributed by atoms with Gasteiger partial charge in [-0.1, -0.05) is 18.2 Å². The molecule has 0 unspecified atom stereocenters. The minimum atomic E-state index is -3.63. The largest absolute Gasteiger partial charge is 0.495 e. The third kappa shape index (κ3) is 4.88. The van der Waals surface area contributed by atoms with Crippen LogP contribution in [0, 0.1) is 11.6 Å². The summed E-state index contributed by atoms with van der Waals surface area (Å²) in [7, 11) is -2.05. The predicted molar refractivity (Wildman–Crippen MR) is 109 cm³/mol. The Kier molecular flexibility index (Phi) is 6.88. The Morgan fingerprint density at radius 2 is 1.67 bits per heavy atom. The lowest BCUT2D eigenvalue weighted by atomic mass is 10.2. The van der Waals surface area contributed by atoms with Gasteiger partial charge in [-0.15, -0.1) is 0 Å². The Hall–Kier alpha value is -2.72. The molecule has 0 radical (unpaired) electrons. The van der Waals surface area contributed by atoms with Crippen LogP contribution >= 0.6 is 0 Å². The highest BCUT2D eigenvalue weighted by atomic mass is 32.2. The van der Waals surface area contributed by atoms with Crippen LogP contribution in [-0.4, -0.2) is 64.2 Å². The fourth-order valence-corrected chi connectivity index (χ4v) is 4.66. The topological polar surface area (TPSA) is 79.0 Å². The van der Waals surface area contributed by atoms with Crippen LogP contribution in [-0.2, 0) is 10.0 Å². The monoisotopic (exact) mass is 439 g/mol. The second-order valence-corrected chi connectivity index (χ2v) is 8.81. The molecule has 0 aromatic heterocycles. The number of rotatable bonds is 7. The fraction of sp³-hybridized carbons (Fsp3) is 0.350. The summed E-state index contributed by atoms with van der Waals surface area (Å²) in [4.78, 5) is 14.0. The number of halogens is 2. The molecule has 162 valence electrons. The molecule has 1 amide bonds. The number of hydrogen-bond acceptors (Lipinski definition) is 5. The molecule has 0 bridgehead atoms. The molecule has 0 atom stereocenters. The van der Waals surface area contributed by atoms with E-state index in [1.807, 2.05) is 29.2 Å². The van der Waals surface area contributed by atoms with Crippen molar-refractivity contribution in [1.29, 1.82) is 0 Å². The lowest BCUT2D eigenvalue weighted by Crippen LogP contribution is -2.50. The number of carbonyl (C=O) groups excluding carboxylic acids is 1. The van der Waals surface area contributed by atoms with Gasteiger partial charge in [0.1, 0.15) is 22.9 Å². The Balaban J connectivity index is 1.54. The standard InChI is InChI=1S/C20H23F2N3O4S/c1-29-18-8-3-2-7-17(18)24-10-12-25(13-11-24)30(27,28)14-9-23-20(26)19-15(21)5-4-6-16(19)22/h2-8H,9-14H2,1H3,(H,23,26). The van der Waals surface area contributed by atoms with E-state index >= 15 is 0 Å². The number of carbonyl (C=O) groups is 1. The van der Waals surface area contributed by atoms with Crippen LogP contribution in [0.4, 0.5) is 14.5 Å². The first-order chi connectivity index (χ1) is 14.3. The van der Waals surface area contributed by atoms with E-state index in [4.69, 9.17) is 4.74 Å². The van der Waals surface area contributed by atoms with Crippen molar-refractivity contribution >= 4 is 21.6 Å². The van der Waals surface area contributed by atoms with Crippen LogP contribution in [0.2, 0.25) is 0 Å². The molecule has 0 saturated carbocycles. The van der Waals surface area contributed by atoms with Gasteiger partial charge in [0.05, 0.1) is 18.6 Å². The van der Waals surface area contributed by atoms with Crippen LogP contribution in [0.3, 0.4) is 0 Å². The molecule has 3 rings (SSSR count). The highest BCUT2D eigenvalue weighted by Crippen LogP contribution is 2.28. The zero-order valence-corrected chi connectivity index (χ0v) is 17.3. The van der Waals surface area contributed by atoms with Gasteiger partial charge in [0.25, 0.3) is 5.91 Å². The summed E-state index contributed by atoms with van der Waals surface area (Å²) in [5.74, 6) is -2.62. The Morgan fingerprint density at radius 1 is 1.03 bits per heavy atom. The molecular formula is C20H23F2N3O4S. The third-order valence-electron chi connectivity index (χ3n) is 4.89. The van der Waals surface area contributed by atoms with Gasteiger partial charge in [0.15, 0.2) is 0 Å². The number of sulfonamides is 1. The quantitative estimate of drug-likeness (QED) is 0.713. The first-order valence-corrected chi connectivity index (χ1v) is 11.0. The van der Waals surface area contributed by atoms with Crippen molar-refractivity contribution in [2.24, 2.45) is 0 Å². The summed E-state index contributed by atoms with van der Waals surface area (Å²) < 4.78 is 59.2. The van der Waals surface area contributed by atoms with E-state index in [0.29, 0.717) is 13.1 Å². The van der Waals surface area contributed by atoms with Crippen LogP contribution in [0.5, 0.6) is 5.75 Å². The molecule has 0 aliphatic carbocycles. The normalized spacial score (nSPS) is 15.1. The maximum Gasteiger partial charge on any atom is 0.257 e. The summed E-state index contributed by atoms with van der Waals surface area (Å²) in [6, 6.07) is 10.6. The molecule has 1 aliphatic rings. The number of anilines is 1. The average molecular weight is 439 g/mol. The minimum Gasteiger partial charge on any atom is -0.495 e. The van der Waals surface area contributed by atoms with Gasteiger partial charge in [0, 0.05) is 32.7 Å². The summed E-state index contributed by atoms with van der Waals surface area (Å²) in [5.41, 5.74) is 0.177. The van der Waals surface area contributed by atoms with Crippen molar-refractivity contribution in [3.05, 3.63) is 59.7 Å². The molecule has 1 N–H and O–H groups in total. The van der Waals surface area contributed by atoms with Crippen LogP contribution in [0.1, 0.15) is 10.4 Å². The zero-order chi connectivity index (χ0) is 21.7. The van der Waals surface area contributed by atoms with E-state index in [9.17, 15) is 22.0 Å². The highest BCUT2D eigenvalue weighted by molar-refractivity contribution is 7.89. The van der Waals surface area contributed by atoms with Crippen molar-refractivity contribution in [3.63, 3.8) is 0 Å². The number of benzene rings is 2. The molecule has 1 heterocycles. The van der Waals surface area contributed by atoms with Crippen LogP contribution in [0.25, 0.3) is 0 Å². The van der Waals surface area contributed by atoms with Crippen LogP contribution < -0.4 is 15.0 Å². The lowest BCUT2D eigenvalue weighted by Gasteiger charge is -2.36. The molecule has 10 heteroatoms. The number of nitrogens with one attached hydrogen (secondary N) is 1. The Bertz CT molecular complexity index is 989. The number of piperazine rings is 1. The first kappa shape index (κ1) is 22.0. The number of ether oxygens (including phenoxy) is 1. The fourth-order valence-electron chi connectivity index (χ4n) is 3.32. The van der Waals surface area contributed by atoms with E-state index in [1.165, 1.54) is 4.31 Å². The molecule has 2 aromatic carbocycles. The smallest absolute Gasteiger partial charge is 0.257 e. The third-order valence-corrected chi connectivity index (χ3v) is 6.77. The maximum absolute atomic E-state index is 13.6. The van der Waals surface area contributed by atoms with Crippen molar-refractivity contribution in [2.75, 3.05) is 50.5 Å². The van der Waals surface area contributed by atoms with Gasteiger partial charge in [0.2, 0.25) is 10.0 Å². The summed E-state index contributed by atoms with van der Waals surface area (Å²) >= 11 is 0. The Labute approximate surface area is 174 Å². The number of hydrogen-bond donors (Lipinski definition) is 1. The highest BCUT2D eigenvalue weighted by Gasteiger charge is 2.28. The first-order valence-electron chi connectivity index (χ1n) is 9.41.